The monoisotopic (exact) mass is 272 g/mol. The zero-order valence-corrected chi connectivity index (χ0v) is 13.2. The fourth-order valence-corrected chi connectivity index (χ4v) is 1.40. The fraction of sp³-hybridized carbons (Fsp3) is 0.857. The first kappa shape index (κ1) is 17.9. The normalized spacial score (nSPS) is 13.6. The van der Waals surface area contributed by atoms with Gasteiger partial charge in [0, 0.05) is 6.54 Å². The van der Waals surface area contributed by atoms with Gasteiger partial charge in [-0.25, -0.2) is 9.69 Å². The molecule has 0 aliphatic carbocycles. The van der Waals surface area contributed by atoms with Crippen molar-refractivity contribution in [3.8, 4) is 0 Å². The van der Waals surface area contributed by atoms with Gasteiger partial charge in [0.15, 0.2) is 0 Å². The summed E-state index contributed by atoms with van der Waals surface area (Å²) in [6.07, 6.45) is -0.623. The minimum atomic E-state index is -0.689. The largest absolute Gasteiger partial charge is 0.443 e. The number of nitrogens with zero attached hydrogens (tertiary/aromatic N) is 1. The van der Waals surface area contributed by atoms with E-state index < -0.39 is 17.7 Å². The van der Waals surface area contributed by atoms with Crippen molar-refractivity contribution in [1.82, 2.24) is 4.90 Å². The van der Waals surface area contributed by atoms with Crippen LogP contribution >= 0.6 is 0 Å². The van der Waals surface area contributed by atoms with Gasteiger partial charge < -0.3 is 10.5 Å². The van der Waals surface area contributed by atoms with E-state index >= 15 is 0 Å². The lowest BCUT2D eigenvalue weighted by Crippen LogP contribution is -2.51. The highest BCUT2D eigenvalue weighted by Gasteiger charge is 2.31. The standard InChI is InChI=1S/C14H28N2O3/c1-9(2)8-16(12(17)11(15)10(3)4)13(18)19-14(5,6)7/h9-11H,8,15H2,1-7H3/t11-/m0/s1. The van der Waals surface area contributed by atoms with E-state index in [-0.39, 0.29) is 17.7 Å². The lowest BCUT2D eigenvalue weighted by atomic mass is 10.0. The van der Waals surface area contributed by atoms with Crippen molar-refractivity contribution in [3.63, 3.8) is 0 Å². The molecule has 0 bridgehead atoms. The third-order valence-electron chi connectivity index (χ3n) is 2.43. The molecule has 0 spiro atoms. The van der Waals surface area contributed by atoms with Crippen LogP contribution in [0.4, 0.5) is 4.79 Å². The van der Waals surface area contributed by atoms with E-state index in [0.717, 1.165) is 4.90 Å². The summed E-state index contributed by atoms with van der Waals surface area (Å²) in [5.74, 6) is -0.238. The van der Waals surface area contributed by atoms with Crippen molar-refractivity contribution in [3.05, 3.63) is 0 Å². The molecule has 0 aromatic rings. The summed E-state index contributed by atoms with van der Waals surface area (Å²) in [6, 6.07) is -0.689. The van der Waals surface area contributed by atoms with Gasteiger partial charge in [-0.1, -0.05) is 27.7 Å². The molecule has 5 nitrogen and oxygen atoms in total. The Bertz CT molecular complexity index is 319. The molecule has 0 aliphatic heterocycles. The summed E-state index contributed by atoms with van der Waals surface area (Å²) in [5, 5.41) is 0. The van der Waals surface area contributed by atoms with E-state index in [1.807, 2.05) is 27.7 Å². The molecular weight excluding hydrogens is 244 g/mol. The maximum absolute atomic E-state index is 12.2. The number of carbonyl (C=O) groups is 2. The highest BCUT2D eigenvalue weighted by molar-refractivity contribution is 5.95. The third-order valence-corrected chi connectivity index (χ3v) is 2.43. The molecule has 0 saturated heterocycles. The van der Waals surface area contributed by atoms with Gasteiger partial charge in [0.1, 0.15) is 5.60 Å². The molecule has 0 fully saturated rings. The number of rotatable bonds is 4. The highest BCUT2D eigenvalue weighted by atomic mass is 16.6. The van der Waals surface area contributed by atoms with Crippen LogP contribution < -0.4 is 5.73 Å². The van der Waals surface area contributed by atoms with Crippen molar-refractivity contribution in [2.75, 3.05) is 6.54 Å². The van der Waals surface area contributed by atoms with Gasteiger partial charge in [-0.15, -0.1) is 0 Å². The van der Waals surface area contributed by atoms with Crippen LogP contribution in [0.2, 0.25) is 0 Å². The number of nitrogens with two attached hydrogens (primary N) is 1. The first-order valence-electron chi connectivity index (χ1n) is 6.75. The van der Waals surface area contributed by atoms with E-state index in [4.69, 9.17) is 10.5 Å². The van der Waals surface area contributed by atoms with Crippen molar-refractivity contribution < 1.29 is 14.3 Å². The number of ether oxygens (including phenoxy) is 1. The molecule has 0 unspecified atom stereocenters. The second-order valence-corrected chi connectivity index (χ2v) is 6.59. The Morgan fingerprint density at radius 3 is 1.95 bits per heavy atom. The molecule has 2 amide bonds. The van der Waals surface area contributed by atoms with Crippen molar-refractivity contribution >= 4 is 12.0 Å². The minimum Gasteiger partial charge on any atom is -0.443 e. The predicted octanol–water partition coefficient (Wildman–Crippen LogP) is 2.39. The predicted molar refractivity (Wildman–Crippen MR) is 75.6 cm³/mol. The first-order valence-corrected chi connectivity index (χ1v) is 6.75. The van der Waals surface area contributed by atoms with Gasteiger partial charge in [0.05, 0.1) is 6.04 Å². The summed E-state index contributed by atoms with van der Waals surface area (Å²) in [6.45, 7) is 13.2. The molecule has 0 radical (unpaired) electrons. The van der Waals surface area contributed by atoms with Crippen molar-refractivity contribution in [2.45, 2.75) is 60.1 Å². The molecule has 0 aromatic heterocycles. The smallest absolute Gasteiger partial charge is 0.417 e. The van der Waals surface area contributed by atoms with Gasteiger partial charge in [0.2, 0.25) is 5.91 Å². The highest BCUT2D eigenvalue weighted by Crippen LogP contribution is 2.13. The quantitative estimate of drug-likeness (QED) is 0.853. The Kier molecular flexibility index (Phi) is 6.49. The van der Waals surface area contributed by atoms with Gasteiger partial charge in [-0.05, 0) is 32.6 Å². The second kappa shape index (κ2) is 6.89. The van der Waals surface area contributed by atoms with Crippen LogP contribution in [-0.2, 0) is 9.53 Å². The Morgan fingerprint density at radius 2 is 1.63 bits per heavy atom. The van der Waals surface area contributed by atoms with Gasteiger partial charge >= 0.3 is 6.09 Å². The van der Waals surface area contributed by atoms with E-state index in [1.165, 1.54) is 0 Å². The summed E-state index contributed by atoms with van der Waals surface area (Å²) >= 11 is 0. The average molecular weight is 272 g/mol. The SMILES string of the molecule is CC(C)CN(C(=O)OC(C)(C)C)C(=O)[C@@H](N)C(C)C. The molecule has 5 heteroatoms. The number of imide groups is 1. The van der Waals surface area contributed by atoms with Crippen LogP contribution in [0.5, 0.6) is 0 Å². The minimum absolute atomic E-state index is 0.0235. The molecule has 1 atom stereocenters. The molecule has 2 N–H and O–H groups in total. The van der Waals surface area contributed by atoms with Crippen LogP contribution in [-0.4, -0.2) is 35.1 Å². The molecule has 0 heterocycles. The van der Waals surface area contributed by atoms with Gasteiger partial charge in [-0.2, -0.15) is 0 Å². The number of hydrogen-bond donors (Lipinski definition) is 1. The number of carbonyl (C=O) groups excluding carboxylic acids is 2. The molecule has 0 aromatic carbocycles. The third kappa shape index (κ3) is 6.57. The molecule has 0 aliphatic rings. The molecular formula is C14H28N2O3. The zero-order valence-electron chi connectivity index (χ0n) is 13.2. The maximum Gasteiger partial charge on any atom is 0.417 e. The second-order valence-electron chi connectivity index (χ2n) is 6.59. The Labute approximate surface area is 116 Å². The van der Waals surface area contributed by atoms with Crippen LogP contribution in [0.15, 0.2) is 0 Å². The summed E-state index contributed by atoms with van der Waals surface area (Å²) in [5.41, 5.74) is 5.21. The average Bonchev–Trinajstić information content (AvgIpc) is 2.20. The summed E-state index contributed by atoms with van der Waals surface area (Å²) in [4.78, 5) is 25.5. The van der Waals surface area contributed by atoms with Crippen molar-refractivity contribution in [2.24, 2.45) is 17.6 Å². The van der Waals surface area contributed by atoms with Crippen LogP contribution in [0, 0.1) is 11.8 Å². The molecule has 19 heavy (non-hydrogen) atoms. The lowest BCUT2D eigenvalue weighted by Gasteiger charge is -2.29. The van der Waals surface area contributed by atoms with E-state index in [9.17, 15) is 9.59 Å². The number of amides is 2. The van der Waals surface area contributed by atoms with Crippen molar-refractivity contribution in [1.29, 1.82) is 0 Å². The summed E-state index contributed by atoms with van der Waals surface area (Å²) in [7, 11) is 0. The van der Waals surface area contributed by atoms with E-state index in [2.05, 4.69) is 0 Å². The maximum atomic E-state index is 12.2. The Hall–Kier alpha value is -1.10. The Balaban J connectivity index is 5.00. The van der Waals surface area contributed by atoms with Gasteiger partial charge in [-0.3, -0.25) is 4.79 Å². The Morgan fingerprint density at radius 1 is 1.16 bits per heavy atom. The molecule has 0 saturated carbocycles. The van der Waals surface area contributed by atoms with Crippen LogP contribution in [0.3, 0.4) is 0 Å². The molecule has 112 valence electrons. The van der Waals surface area contributed by atoms with Crippen LogP contribution in [0.1, 0.15) is 48.5 Å². The fourth-order valence-electron chi connectivity index (χ4n) is 1.40. The van der Waals surface area contributed by atoms with Gasteiger partial charge in [0.25, 0.3) is 0 Å². The first-order chi connectivity index (χ1) is 8.45. The van der Waals surface area contributed by atoms with E-state index in [0.29, 0.717) is 6.54 Å². The lowest BCUT2D eigenvalue weighted by molar-refractivity contribution is -0.133. The topological polar surface area (TPSA) is 72.6 Å². The number of hydrogen-bond acceptors (Lipinski definition) is 4. The zero-order chi connectivity index (χ0) is 15.4. The molecule has 0 rings (SSSR count). The van der Waals surface area contributed by atoms with Crippen LogP contribution in [0.25, 0.3) is 0 Å². The summed E-state index contributed by atoms with van der Waals surface area (Å²) < 4.78 is 5.26. The van der Waals surface area contributed by atoms with E-state index in [1.54, 1.807) is 20.8 Å².